The van der Waals surface area contributed by atoms with Crippen LogP contribution in [0.15, 0.2) is 42.7 Å². The normalized spacial score (nSPS) is 10.2. The zero-order valence-corrected chi connectivity index (χ0v) is 12.0. The van der Waals surface area contributed by atoms with Crippen molar-refractivity contribution in [1.29, 1.82) is 0 Å². The first-order valence-corrected chi connectivity index (χ1v) is 6.91. The van der Waals surface area contributed by atoms with Crippen LogP contribution in [0.2, 0.25) is 0 Å². The Morgan fingerprint density at radius 1 is 1.29 bits per heavy atom. The van der Waals surface area contributed by atoms with Gasteiger partial charge in [0.2, 0.25) is 0 Å². The van der Waals surface area contributed by atoms with Crippen molar-refractivity contribution in [3.8, 4) is 5.75 Å². The third-order valence-electron chi connectivity index (χ3n) is 3.03. The molecule has 3 N–H and O–H groups in total. The molecule has 2 rings (SSSR count). The molecule has 110 valence electrons. The number of nitrogens with one attached hydrogen (secondary N) is 1. The van der Waals surface area contributed by atoms with Crippen LogP contribution in [0.1, 0.15) is 22.8 Å². The number of anilines is 1. The lowest BCUT2D eigenvalue weighted by Gasteiger charge is -2.09. The molecule has 0 saturated carbocycles. The van der Waals surface area contributed by atoms with Crippen LogP contribution in [0.3, 0.4) is 0 Å². The van der Waals surface area contributed by atoms with Gasteiger partial charge in [0.1, 0.15) is 12.4 Å². The Bertz CT molecular complexity index is 597. The molecule has 1 heterocycles. The fourth-order valence-electron chi connectivity index (χ4n) is 1.94. The molecule has 0 aliphatic carbocycles. The summed E-state index contributed by atoms with van der Waals surface area (Å²) < 4.78 is 5.39. The number of nitrogens with zero attached hydrogens (tertiary/aromatic N) is 1. The molecule has 5 heteroatoms. The van der Waals surface area contributed by atoms with Gasteiger partial charge in [0.25, 0.3) is 5.91 Å². The number of hydrogen-bond donors (Lipinski definition) is 2. The van der Waals surface area contributed by atoms with Gasteiger partial charge in [0.15, 0.2) is 0 Å². The van der Waals surface area contributed by atoms with E-state index in [4.69, 9.17) is 10.5 Å². The largest absolute Gasteiger partial charge is 0.492 e. The van der Waals surface area contributed by atoms with E-state index in [2.05, 4.69) is 10.3 Å². The van der Waals surface area contributed by atoms with Crippen molar-refractivity contribution in [3.63, 3.8) is 0 Å². The molecule has 0 fully saturated rings. The number of hydrogen-bond acceptors (Lipinski definition) is 4. The van der Waals surface area contributed by atoms with Crippen molar-refractivity contribution >= 4 is 11.6 Å². The first kappa shape index (κ1) is 15.0. The number of benzene rings is 1. The summed E-state index contributed by atoms with van der Waals surface area (Å²) in [7, 11) is 0. The van der Waals surface area contributed by atoms with E-state index in [-0.39, 0.29) is 5.91 Å². The minimum absolute atomic E-state index is 0.134. The predicted molar refractivity (Wildman–Crippen MR) is 82.6 cm³/mol. The lowest BCUT2D eigenvalue weighted by molar-refractivity contribution is 0.102. The number of rotatable bonds is 6. The summed E-state index contributed by atoms with van der Waals surface area (Å²) in [5, 5.41) is 2.87. The first-order chi connectivity index (χ1) is 10.2. The molecule has 0 radical (unpaired) electrons. The quantitative estimate of drug-likeness (QED) is 0.853. The van der Waals surface area contributed by atoms with Gasteiger partial charge in [0, 0.05) is 30.2 Å². The Morgan fingerprint density at radius 2 is 2.05 bits per heavy atom. The van der Waals surface area contributed by atoms with Crippen molar-refractivity contribution < 1.29 is 9.53 Å². The predicted octanol–water partition coefficient (Wildman–Crippen LogP) is 2.23. The Hall–Kier alpha value is -2.40. The molecule has 0 spiro atoms. The summed E-state index contributed by atoms with van der Waals surface area (Å²) in [4.78, 5) is 16.3. The van der Waals surface area contributed by atoms with E-state index in [1.807, 2.05) is 6.92 Å². The van der Waals surface area contributed by atoms with E-state index in [1.165, 1.54) is 0 Å². The molecule has 0 bridgehead atoms. The zero-order valence-electron chi connectivity index (χ0n) is 12.0. The van der Waals surface area contributed by atoms with Crippen molar-refractivity contribution in [2.24, 2.45) is 5.73 Å². The molecular formula is C16H19N3O2. The summed E-state index contributed by atoms with van der Waals surface area (Å²) >= 11 is 0. The zero-order chi connectivity index (χ0) is 15.1. The van der Waals surface area contributed by atoms with E-state index in [1.54, 1.807) is 42.7 Å². The molecule has 21 heavy (non-hydrogen) atoms. The highest BCUT2D eigenvalue weighted by atomic mass is 16.5. The number of aromatic nitrogens is 1. The second-order valence-corrected chi connectivity index (χ2v) is 4.50. The number of ether oxygens (including phenoxy) is 1. The first-order valence-electron chi connectivity index (χ1n) is 6.91. The van der Waals surface area contributed by atoms with Gasteiger partial charge in [-0.25, -0.2) is 0 Å². The number of carbonyl (C=O) groups is 1. The van der Waals surface area contributed by atoms with Gasteiger partial charge < -0.3 is 15.8 Å². The van der Waals surface area contributed by atoms with Crippen LogP contribution in [-0.2, 0) is 6.42 Å². The molecule has 1 amide bonds. The summed E-state index contributed by atoms with van der Waals surface area (Å²) in [5.74, 6) is 0.599. The van der Waals surface area contributed by atoms with Crippen LogP contribution in [0, 0.1) is 0 Å². The smallest absolute Gasteiger partial charge is 0.256 e. The fourth-order valence-corrected chi connectivity index (χ4v) is 1.94. The van der Waals surface area contributed by atoms with Gasteiger partial charge in [-0.15, -0.1) is 0 Å². The summed E-state index contributed by atoms with van der Waals surface area (Å²) in [6.07, 6.45) is 4.11. The number of nitrogens with two attached hydrogens (primary N) is 1. The molecule has 0 aliphatic rings. The second-order valence-electron chi connectivity index (χ2n) is 4.50. The minimum Gasteiger partial charge on any atom is -0.492 e. The Labute approximate surface area is 124 Å². The highest BCUT2D eigenvalue weighted by Gasteiger charge is 2.10. The van der Waals surface area contributed by atoms with Crippen molar-refractivity contribution in [2.45, 2.75) is 13.3 Å². The number of pyridine rings is 1. The van der Waals surface area contributed by atoms with E-state index in [0.29, 0.717) is 18.7 Å². The molecule has 1 aromatic heterocycles. The van der Waals surface area contributed by atoms with E-state index >= 15 is 0 Å². The third kappa shape index (κ3) is 4.03. The summed E-state index contributed by atoms with van der Waals surface area (Å²) in [5.41, 5.74) is 7.68. The van der Waals surface area contributed by atoms with Gasteiger partial charge in [-0.3, -0.25) is 9.78 Å². The van der Waals surface area contributed by atoms with E-state index in [0.717, 1.165) is 23.4 Å². The standard InChI is InChI=1S/C16H19N3O2/c1-2-12-11-18-9-7-15(12)16(20)19-13-3-5-14(6-4-13)21-10-8-17/h3-7,9,11H,2,8,10,17H2,1H3,(H,19,20). The van der Waals surface area contributed by atoms with Gasteiger partial charge in [0.05, 0.1) is 0 Å². The lowest BCUT2D eigenvalue weighted by Crippen LogP contribution is -2.14. The maximum atomic E-state index is 12.3. The van der Waals surface area contributed by atoms with Crippen LogP contribution in [0.5, 0.6) is 5.75 Å². The Balaban J connectivity index is 2.05. The SMILES string of the molecule is CCc1cnccc1C(=O)Nc1ccc(OCCN)cc1. The van der Waals surface area contributed by atoms with Crippen LogP contribution in [0.4, 0.5) is 5.69 Å². The molecule has 5 nitrogen and oxygen atoms in total. The monoisotopic (exact) mass is 285 g/mol. The van der Waals surface area contributed by atoms with Crippen LogP contribution >= 0.6 is 0 Å². The van der Waals surface area contributed by atoms with Gasteiger partial charge in [-0.1, -0.05) is 6.92 Å². The second kappa shape index (κ2) is 7.40. The molecule has 0 saturated heterocycles. The highest BCUT2D eigenvalue weighted by Crippen LogP contribution is 2.17. The summed E-state index contributed by atoms with van der Waals surface area (Å²) in [6, 6.07) is 8.94. The highest BCUT2D eigenvalue weighted by molar-refractivity contribution is 6.05. The minimum atomic E-state index is -0.134. The fraction of sp³-hybridized carbons (Fsp3) is 0.250. The molecule has 0 aliphatic heterocycles. The maximum absolute atomic E-state index is 12.3. The lowest BCUT2D eigenvalue weighted by atomic mass is 10.1. The summed E-state index contributed by atoms with van der Waals surface area (Å²) in [6.45, 7) is 2.94. The van der Waals surface area contributed by atoms with Gasteiger partial charge in [-0.05, 0) is 42.3 Å². The number of amides is 1. The molecule has 0 unspecified atom stereocenters. The Kier molecular flexibility index (Phi) is 5.29. The van der Waals surface area contributed by atoms with E-state index in [9.17, 15) is 4.79 Å². The topological polar surface area (TPSA) is 77.2 Å². The average molecular weight is 285 g/mol. The number of aryl methyl sites for hydroxylation is 1. The van der Waals surface area contributed by atoms with Crippen LogP contribution in [0.25, 0.3) is 0 Å². The van der Waals surface area contributed by atoms with Crippen LogP contribution in [-0.4, -0.2) is 24.0 Å². The molecule has 2 aromatic rings. The average Bonchev–Trinajstić information content (AvgIpc) is 2.54. The van der Waals surface area contributed by atoms with Gasteiger partial charge >= 0.3 is 0 Å². The Morgan fingerprint density at radius 3 is 2.71 bits per heavy atom. The van der Waals surface area contributed by atoms with Crippen molar-refractivity contribution in [3.05, 3.63) is 53.9 Å². The van der Waals surface area contributed by atoms with Crippen LogP contribution < -0.4 is 15.8 Å². The molecular weight excluding hydrogens is 266 g/mol. The van der Waals surface area contributed by atoms with Crippen molar-refractivity contribution in [1.82, 2.24) is 4.98 Å². The molecule has 1 aromatic carbocycles. The van der Waals surface area contributed by atoms with E-state index < -0.39 is 0 Å². The van der Waals surface area contributed by atoms with Crippen molar-refractivity contribution in [2.75, 3.05) is 18.5 Å². The maximum Gasteiger partial charge on any atom is 0.256 e. The number of carbonyl (C=O) groups excluding carboxylic acids is 1. The molecule has 0 atom stereocenters. The van der Waals surface area contributed by atoms with Gasteiger partial charge in [-0.2, -0.15) is 0 Å². The third-order valence-corrected chi connectivity index (χ3v) is 3.03.